The van der Waals surface area contributed by atoms with Gasteiger partial charge in [0.25, 0.3) is 5.69 Å². The van der Waals surface area contributed by atoms with Crippen molar-refractivity contribution in [3.8, 4) is 0 Å². The number of nitro groups is 1. The van der Waals surface area contributed by atoms with Gasteiger partial charge in [-0.25, -0.2) is 0 Å². The van der Waals surface area contributed by atoms with Crippen molar-refractivity contribution in [3.63, 3.8) is 0 Å². The van der Waals surface area contributed by atoms with Gasteiger partial charge in [-0.1, -0.05) is 0 Å². The third-order valence-electron chi connectivity index (χ3n) is 4.17. The maximum absolute atomic E-state index is 11.1. The van der Waals surface area contributed by atoms with Gasteiger partial charge in [-0.3, -0.25) is 20.0 Å². The summed E-state index contributed by atoms with van der Waals surface area (Å²) < 4.78 is 0. The molecule has 0 spiro atoms. The molecule has 0 amide bonds. The highest BCUT2D eigenvalue weighted by Gasteiger charge is 2.26. The first kappa shape index (κ1) is 14.9. The fraction of sp³-hybridized carbons (Fsp3) is 0.643. The second kappa shape index (κ2) is 5.85. The van der Waals surface area contributed by atoms with Gasteiger partial charge in [0.05, 0.1) is 10.6 Å². The van der Waals surface area contributed by atoms with Gasteiger partial charge in [-0.15, -0.1) is 0 Å². The number of aromatic nitrogens is 1. The molecule has 1 saturated heterocycles. The molecular weight excluding hydrogens is 256 g/mol. The summed E-state index contributed by atoms with van der Waals surface area (Å²) in [5.41, 5.74) is 8.24. The van der Waals surface area contributed by atoms with Crippen LogP contribution in [0.4, 0.5) is 5.69 Å². The van der Waals surface area contributed by atoms with Crippen molar-refractivity contribution in [1.29, 1.82) is 0 Å². The second-order valence-electron chi connectivity index (χ2n) is 5.72. The van der Waals surface area contributed by atoms with Crippen molar-refractivity contribution < 1.29 is 4.92 Å². The lowest BCUT2D eigenvalue weighted by Gasteiger charge is -2.36. The van der Waals surface area contributed by atoms with Crippen LogP contribution in [0.3, 0.4) is 0 Å². The zero-order valence-corrected chi connectivity index (χ0v) is 12.3. The first-order chi connectivity index (χ1) is 9.40. The van der Waals surface area contributed by atoms with Gasteiger partial charge in [0.1, 0.15) is 0 Å². The summed E-state index contributed by atoms with van der Waals surface area (Å²) in [6, 6.07) is 0.656. The van der Waals surface area contributed by atoms with E-state index < -0.39 is 0 Å². The van der Waals surface area contributed by atoms with Crippen LogP contribution in [0.15, 0.2) is 6.20 Å². The van der Waals surface area contributed by atoms with Crippen LogP contribution in [0.25, 0.3) is 0 Å². The number of aryl methyl sites for hydroxylation is 1. The minimum absolute atomic E-state index is 0.191. The molecule has 2 unspecified atom stereocenters. The Morgan fingerprint density at radius 1 is 1.55 bits per heavy atom. The molecule has 6 heteroatoms. The van der Waals surface area contributed by atoms with E-state index in [-0.39, 0.29) is 16.7 Å². The van der Waals surface area contributed by atoms with E-state index in [1.807, 2.05) is 0 Å². The number of rotatable bonds is 3. The van der Waals surface area contributed by atoms with Crippen LogP contribution < -0.4 is 5.73 Å². The summed E-state index contributed by atoms with van der Waals surface area (Å²) in [4.78, 5) is 17.5. The number of likely N-dealkylation sites (tertiary alicyclic amines) is 1. The molecule has 0 aliphatic carbocycles. The maximum atomic E-state index is 11.1. The monoisotopic (exact) mass is 278 g/mol. The van der Waals surface area contributed by atoms with Crippen molar-refractivity contribution in [3.05, 3.63) is 33.1 Å². The van der Waals surface area contributed by atoms with Crippen LogP contribution in [0, 0.1) is 24.0 Å². The molecular formula is C14H22N4O2. The van der Waals surface area contributed by atoms with E-state index in [1.54, 1.807) is 20.0 Å². The predicted molar refractivity (Wildman–Crippen MR) is 77.4 cm³/mol. The Balaban J connectivity index is 2.22. The Bertz CT molecular complexity index is 518. The summed E-state index contributed by atoms with van der Waals surface area (Å²) in [5, 5.41) is 11.1. The number of hydrogen-bond donors (Lipinski definition) is 1. The van der Waals surface area contributed by atoms with Crippen LogP contribution in [-0.4, -0.2) is 33.4 Å². The Hall–Kier alpha value is -1.53. The zero-order chi connectivity index (χ0) is 14.9. The molecule has 1 aliphatic heterocycles. The lowest BCUT2D eigenvalue weighted by Crippen LogP contribution is -2.45. The normalized spacial score (nSPS) is 23.8. The van der Waals surface area contributed by atoms with Crippen LogP contribution in [0.2, 0.25) is 0 Å². The number of nitrogens with zero attached hydrogens (tertiary/aromatic N) is 3. The molecule has 0 radical (unpaired) electrons. The van der Waals surface area contributed by atoms with E-state index in [1.165, 1.54) is 0 Å². The Morgan fingerprint density at radius 2 is 2.25 bits per heavy atom. The third-order valence-corrected chi connectivity index (χ3v) is 4.17. The summed E-state index contributed by atoms with van der Waals surface area (Å²) in [6.45, 7) is 7.24. The molecule has 6 nitrogen and oxygen atoms in total. The molecule has 0 saturated carbocycles. The molecule has 2 rings (SSSR count). The third kappa shape index (κ3) is 2.96. The van der Waals surface area contributed by atoms with Gasteiger partial charge in [0, 0.05) is 42.5 Å². The van der Waals surface area contributed by atoms with E-state index in [0.717, 1.165) is 25.1 Å². The quantitative estimate of drug-likeness (QED) is 0.674. The minimum Gasteiger partial charge on any atom is -0.328 e. The van der Waals surface area contributed by atoms with Gasteiger partial charge >= 0.3 is 0 Å². The maximum Gasteiger partial charge on any atom is 0.278 e. The Morgan fingerprint density at radius 3 is 2.85 bits per heavy atom. The summed E-state index contributed by atoms with van der Waals surface area (Å²) >= 11 is 0. The van der Waals surface area contributed by atoms with Gasteiger partial charge in [-0.2, -0.15) is 0 Å². The molecule has 20 heavy (non-hydrogen) atoms. The Kier molecular flexibility index (Phi) is 4.35. The predicted octanol–water partition coefficient (Wildman–Crippen LogP) is 1.92. The summed E-state index contributed by atoms with van der Waals surface area (Å²) in [5.74, 6) is 0. The van der Waals surface area contributed by atoms with E-state index in [9.17, 15) is 10.1 Å². The molecule has 1 aromatic rings. The van der Waals surface area contributed by atoms with E-state index >= 15 is 0 Å². The SMILES string of the molecule is Cc1cnc(CN2CCC(N)CC2C)c(C)c1[N+](=O)[O-]. The molecule has 2 N–H and O–H groups in total. The zero-order valence-electron chi connectivity index (χ0n) is 12.3. The smallest absolute Gasteiger partial charge is 0.278 e. The lowest BCUT2D eigenvalue weighted by molar-refractivity contribution is -0.386. The molecule has 2 atom stereocenters. The molecule has 0 aromatic carbocycles. The number of pyridine rings is 1. The standard InChI is InChI=1S/C14H22N4O2/c1-9-7-16-13(11(3)14(9)18(19)20)8-17-5-4-12(15)6-10(17)2/h7,10,12H,4-6,8,15H2,1-3H3. The van der Waals surface area contributed by atoms with Crippen LogP contribution in [0.5, 0.6) is 0 Å². The second-order valence-corrected chi connectivity index (χ2v) is 5.72. The van der Waals surface area contributed by atoms with Crippen LogP contribution in [-0.2, 0) is 6.54 Å². The van der Waals surface area contributed by atoms with E-state index in [4.69, 9.17) is 5.73 Å². The first-order valence-electron chi connectivity index (χ1n) is 6.99. The number of hydrogen-bond acceptors (Lipinski definition) is 5. The van der Waals surface area contributed by atoms with Crippen molar-refractivity contribution >= 4 is 5.69 Å². The minimum atomic E-state index is -0.314. The van der Waals surface area contributed by atoms with Crippen molar-refractivity contribution in [2.75, 3.05) is 6.54 Å². The highest BCUT2D eigenvalue weighted by Crippen LogP contribution is 2.26. The molecule has 110 valence electrons. The Labute approximate surface area is 119 Å². The molecule has 1 fully saturated rings. The van der Waals surface area contributed by atoms with Crippen molar-refractivity contribution in [2.45, 2.75) is 52.2 Å². The molecule has 1 aromatic heterocycles. The van der Waals surface area contributed by atoms with Gasteiger partial charge in [0.2, 0.25) is 0 Å². The topological polar surface area (TPSA) is 85.3 Å². The average Bonchev–Trinajstić information content (AvgIpc) is 2.35. The summed E-state index contributed by atoms with van der Waals surface area (Å²) in [6.07, 6.45) is 3.53. The van der Waals surface area contributed by atoms with E-state index in [2.05, 4.69) is 16.8 Å². The van der Waals surface area contributed by atoms with Crippen LogP contribution >= 0.6 is 0 Å². The fourth-order valence-corrected chi connectivity index (χ4v) is 2.89. The van der Waals surface area contributed by atoms with Crippen molar-refractivity contribution in [1.82, 2.24) is 9.88 Å². The molecule has 1 aliphatic rings. The lowest BCUT2D eigenvalue weighted by atomic mass is 9.98. The number of nitrogens with two attached hydrogens (primary N) is 1. The van der Waals surface area contributed by atoms with Gasteiger partial charge < -0.3 is 5.73 Å². The fourth-order valence-electron chi connectivity index (χ4n) is 2.89. The highest BCUT2D eigenvalue weighted by atomic mass is 16.6. The first-order valence-corrected chi connectivity index (χ1v) is 6.99. The van der Waals surface area contributed by atoms with Gasteiger partial charge in [0.15, 0.2) is 0 Å². The van der Waals surface area contributed by atoms with Crippen LogP contribution in [0.1, 0.15) is 36.6 Å². The summed E-state index contributed by atoms with van der Waals surface area (Å²) in [7, 11) is 0. The number of piperidine rings is 1. The van der Waals surface area contributed by atoms with E-state index in [0.29, 0.717) is 23.7 Å². The highest BCUT2D eigenvalue weighted by molar-refractivity contribution is 5.47. The molecule has 2 heterocycles. The largest absolute Gasteiger partial charge is 0.328 e. The molecule has 0 bridgehead atoms. The van der Waals surface area contributed by atoms with Gasteiger partial charge in [-0.05, 0) is 33.6 Å². The van der Waals surface area contributed by atoms with Crippen molar-refractivity contribution in [2.24, 2.45) is 5.73 Å². The average molecular weight is 278 g/mol.